The van der Waals surface area contributed by atoms with Gasteiger partial charge in [-0.05, 0) is 11.4 Å². The van der Waals surface area contributed by atoms with Crippen molar-refractivity contribution in [3.8, 4) is 0 Å². The van der Waals surface area contributed by atoms with Gasteiger partial charge in [-0.1, -0.05) is 6.07 Å². The predicted octanol–water partition coefficient (Wildman–Crippen LogP) is -1.45. The van der Waals surface area contributed by atoms with Crippen LogP contribution in [0.3, 0.4) is 0 Å². The monoisotopic (exact) mass is 226 g/mol. The fraction of sp³-hybridized carbons (Fsp3) is 0. The molecule has 0 bridgehead atoms. The zero-order chi connectivity index (χ0) is 3.54. The van der Waals surface area contributed by atoms with Crippen LogP contribution >= 0.6 is 11.3 Å². The second-order valence-corrected chi connectivity index (χ2v) is 1.47. The van der Waals surface area contributed by atoms with E-state index in [-0.39, 0.29) is 36.5 Å². The molecule has 0 amide bonds. The largest absolute Gasteiger partial charge is 1.00 e. The Morgan fingerprint density at radius 2 is 2.14 bits per heavy atom. The molecule has 0 aliphatic heterocycles. The van der Waals surface area contributed by atoms with E-state index in [0.29, 0.717) is 0 Å². The van der Waals surface area contributed by atoms with Crippen LogP contribution in [-0.4, -0.2) is 0 Å². The minimum atomic E-state index is 0. The first-order valence-electron chi connectivity index (χ1n) is 1.40. The van der Waals surface area contributed by atoms with Crippen molar-refractivity contribution in [3.05, 3.63) is 22.9 Å². The molecule has 7 heavy (non-hydrogen) atoms. The van der Waals surface area contributed by atoms with Gasteiger partial charge >= 0.3 is 0 Å². The first kappa shape index (κ1) is 10.7. The van der Waals surface area contributed by atoms with Crippen molar-refractivity contribution in [3.63, 3.8) is 0 Å². The average molecular weight is 228 g/mol. The maximum absolute atomic E-state index is 2.90. The topological polar surface area (TPSA) is 0 Å². The van der Waals surface area contributed by atoms with Crippen molar-refractivity contribution >= 4 is 11.3 Å². The fourth-order valence-electron chi connectivity index (χ4n) is 0.196. The summed E-state index contributed by atoms with van der Waals surface area (Å²) in [6.45, 7) is 0. The van der Waals surface area contributed by atoms with Crippen molar-refractivity contribution < 1.29 is 36.5 Å². The molecule has 1 aromatic heterocycles. The van der Waals surface area contributed by atoms with E-state index in [1.54, 1.807) is 11.3 Å². The van der Waals surface area contributed by atoms with Crippen LogP contribution in [0.5, 0.6) is 0 Å². The van der Waals surface area contributed by atoms with Crippen molar-refractivity contribution in [1.29, 1.82) is 0 Å². The summed E-state index contributed by atoms with van der Waals surface area (Å²) in [5, 5.41) is 4.89. The molecule has 35 valence electrons. The standard InChI is InChI=1S/C4H3S.BrH.Zn/c1-2-4-5-3-1;;/h1-3H;1H;/p-1. The number of halogens is 1. The van der Waals surface area contributed by atoms with Gasteiger partial charge in [0.15, 0.2) is 0 Å². The van der Waals surface area contributed by atoms with Crippen LogP contribution < -0.4 is 17.0 Å². The maximum Gasteiger partial charge on any atom is 0.0442 e. The van der Waals surface area contributed by atoms with Gasteiger partial charge in [0.2, 0.25) is 0 Å². The third-order valence-corrected chi connectivity index (χ3v) is 0.944. The van der Waals surface area contributed by atoms with Crippen LogP contribution in [0, 0.1) is 5.38 Å². The van der Waals surface area contributed by atoms with Crippen molar-refractivity contribution in [2.75, 3.05) is 0 Å². The number of thiophene rings is 1. The number of hydrogen-bond donors (Lipinski definition) is 0. The minimum Gasteiger partial charge on any atom is -1.00 e. The Labute approximate surface area is 70.5 Å². The molecule has 1 rings (SSSR count). The molecule has 3 heteroatoms. The number of hydrogen-bond acceptors (Lipinski definition) is 1. The second kappa shape index (κ2) is 6.80. The number of rotatable bonds is 0. The van der Waals surface area contributed by atoms with Gasteiger partial charge in [0.1, 0.15) is 0 Å². The minimum absolute atomic E-state index is 0. The molecule has 0 N–H and O–H groups in total. The van der Waals surface area contributed by atoms with Crippen molar-refractivity contribution in [2.45, 2.75) is 0 Å². The van der Waals surface area contributed by atoms with Crippen LogP contribution in [0.2, 0.25) is 0 Å². The van der Waals surface area contributed by atoms with Gasteiger partial charge in [-0.15, -0.1) is 11.3 Å². The zero-order valence-electron chi connectivity index (χ0n) is 3.73. The van der Waals surface area contributed by atoms with Gasteiger partial charge in [-0.3, -0.25) is 0 Å². The Kier molecular flexibility index (Phi) is 10.4. The van der Waals surface area contributed by atoms with E-state index in [0.717, 1.165) is 0 Å². The second-order valence-electron chi connectivity index (χ2n) is 0.731. The van der Waals surface area contributed by atoms with E-state index in [9.17, 15) is 0 Å². The van der Waals surface area contributed by atoms with Gasteiger partial charge in [-0.2, -0.15) is 0 Å². The molecule has 0 saturated heterocycles. The van der Waals surface area contributed by atoms with E-state index in [4.69, 9.17) is 0 Å². The van der Waals surface area contributed by atoms with Crippen LogP contribution in [0.15, 0.2) is 17.5 Å². The van der Waals surface area contributed by atoms with Crippen LogP contribution in [0.4, 0.5) is 0 Å². The van der Waals surface area contributed by atoms with Crippen LogP contribution in [-0.2, 0) is 19.5 Å². The average Bonchev–Trinajstić information content (AvgIpc) is 1.76. The summed E-state index contributed by atoms with van der Waals surface area (Å²) in [4.78, 5) is 0. The smallest absolute Gasteiger partial charge is 0.0442 e. The van der Waals surface area contributed by atoms with Crippen LogP contribution in [0.25, 0.3) is 0 Å². The molecule has 0 aliphatic carbocycles. The van der Waals surface area contributed by atoms with E-state index in [1.165, 1.54) is 0 Å². The van der Waals surface area contributed by atoms with E-state index < -0.39 is 0 Å². The normalized spacial score (nSPS) is 5.71. The summed E-state index contributed by atoms with van der Waals surface area (Å²) in [5.41, 5.74) is 0. The summed E-state index contributed by atoms with van der Waals surface area (Å²) in [6, 6.07) is 3.86. The fourth-order valence-corrected chi connectivity index (χ4v) is 0.589. The van der Waals surface area contributed by atoms with Gasteiger partial charge < -0.3 is 17.0 Å². The quantitative estimate of drug-likeness (QED) is 0.477. The first-order chi connectivity index (χ1) is 2.50. The molecule has 0 fully saturated rings. The van der Waals surface area contributed by atoms with Gasteiger partial charge in [0.05, 0.1) is 0 Å². The Hall–Kier alpha value is 0.803. The molecule has 0 saturated carbocycles. The molecular weight excluding hydrogens is 225 g/mol. The molecule has 1 radical (unpaired) electrons. The summed E-state index contributed by atoms with van der Waals surface area (Å²) in [6.07, 6.45) is 0. The molecule has 0 atom stereocenters. The SMILES string of the molecule is [Br-].[Zn].[c]1cccs1. The molecular formula is C4H3BrSZn-. The van der Waals surface area contributed by atoms with E-state index in [1.807, 2.05) is 17.5 Å². The molecule has 1 heterocycles. The summed E-state index contributed by atoms with van der Waals surface area (Å²) < 4.78 is 0. The third-order valence-electron chi connectivity index (χ3n) is 0.379. The van der Waals surface area contributed by atoms with Crippen molar-refractivity contribution in [1.82, 2.24) is 0 Å². The molecule has 1 aromatic rings. The van der Waals surface area contributed by atoms with Crippen LogP contribution in [0.1, 0.15) is 0 Å². The predicted molar refractivity (Wildman–Crippen MR) is 23.2 cm³/mol. The third kappa shape index (κ3) is 4.66. The first-order valence-corrected chi connectivity index (χ1v) is 2.27. The van der Waals surface area contributed by atoms with E-state index in [2.05, 4.69) is 5.38 Å². The van der Waals surface area contributed by atoms with Gasteiger partial charge in [-0.25, -0.2) is 0 Å². The molecule has 0 spiro atoms. The summed E-state index contributed by atoms with van der Waals surface area (Å²) >= 11 is 1.59. The van der Waals surface area contributed by atoms with Gasteiger partial charge in [0.25, 0.3) is 0 Å². The van der Waals surface area contributed by atoms with Gasteiger partial charge in [0, 0.05) is 24.9 Å². The maximum atomic E-state index is 2.90. The molecule has 0 aromatic carbocycles. The Morgan fingerprint density at radius 3 is 2.29 bits per heavy atom. The molecule has 0 nitrogen and oxygen atoms in total. The van der Waals surface area contributed by atoms with Crippen molar-refractivity contribution in [2.24, 2.45) is 0 Å². The Balaban J connectivity index is 0. The zero-order valence-corrected chi connectivity index (χ0v) is 9.09. The van der Waals surface area contributed by atoms with E-state index >= 15 is 0 Å². The molecule has 0 unspecified atom stereocenters. The molecule has 0 aliphatic rings. The summed E-state index contributed by atoms with van der Waals surface area (Å²) in [7, 11) is 0. The Bertz CT molecular complexity index is 68.2. The Morgan fingerprint density at radius 1 is 1.43 bits per heavy atom. The summed E-state index contributed by atoms with van der Waals surface area (Å²) in [5.74, 6) is 0.